The highest BCUT2D eigenvalue weighted by Crippen LogP contribution is 2.22. The summed E-state index contributed by atoms with van der Waals surface area (Å²) in [4.78, 5) is 6.26. The summed E-state index contributed by atoms with van der Waals surface area (Å²) < 4.78 is 0. The van der Waals surface area contributed by atoms with E-state index >= 15 is 0 Å². The summed E-state index contributed by atoms with van der Waals surface area (Å²) in [6, 6.07) is 14.1. The van der Waals surface area contributed by atoms with E-state index < -0.39 is 0 Å². The molecule has 1 heterocycles. The molecule has 1 aromatic carbocycles. The first kappa shape index (κ1) is 13.9. The lowest BCUT2D eigenvalue weighted by atomic mass is 10.1. The first-order chi connectivity index (χ1) is 9.72. The van der Waals surface area contributed by atoms with Crippen molar-refractivity contribution in [2.75, 3.05) is 24.2 Å². The number of nitriles is 1. The number of aromatic nitrogens is 1. The number of pyridine rings is 1. The molecular weight excluding hydrogens is 248 g/mol. The average molecular weight is 266 g/mol. The van der Waals surface area contributed by atoms with Crippen LogP contribution in [0.2, 0.25) is 0 Å². The number of hydrogen-bond donors (Lipinski definition) is 1. The average Bonchev–Trinajstić information content (AvgIpc) is 2.48. The van der Waals surface area contributed by atoms with Crippen molar-refractivity contribution in [2.45, 2.75) is 12.8 Å². The van der Waals surface area contributed by atoms with Gasteiger partial charge < -0.3 is 10.6 Å². The second-order valence-electron chi connectivity index (χ2n) is 4.72. The minimum atomic E-state index is 0.456. The minimum Gasteiger partial charge on any atom is -0.395 e. The molecule has 4 nitrogen and oxygen atoms in total. The monoisotopic (exact) mass is 266 g/mol. The van der Waals surface area contributed by atoms with Crippen molar-refractivity contribution in [1.82, 2.24) is 4.98 Å². The summed E-state index contributed by atoms with van der Waals surface area (Å²) in [5.74, 6) is 0.678. The third-order valence-corrected chi connectivity index (χ3v) is 3.25. The predicted molar refractivity (Wildman–Crippen MR) is 81.4 cm³/mol. The van der Waals surface area contributed by atoms with Gasteiger partial charge in [0, 0.05) is 19.8 Å². The Kier molecular flexibility index (Phi) is 4.56. The summed E-state index contributed by atoms with van der Waals surface area (Å²) >= 11 is 0. The van der Waals surface area contributed by atoms with E-state index in [1.165, 1.54) is 5.56 Å². The van der Waals surface area contributed by atoms with Gasteiger partial charge in [-0.3, -0.25) is 0 Å². The van der Waals surface area contributed by atoms with Gasteiger partial charge >= 0.3 is 0 Å². The van der Waals surface area contributed by atoms with Crippen molar-refractivity contribution >= 4 is 11.5 Å². The van der Waals surface area contributed by atoms with E-state index in [2.05, 4.69) is 35.3 Å². The SMILES string of the molecule is CN(CCCc1ccccc1)c1nccc(C#N)c1N. The van der Waals surface area contributed by atoms with Crippen LogP contribution < -0.4 is 10.6 Å². The summed E-state index contributed by atoms with van der Waals surface area (Å²) in [5, 5.41) is 8.97. The van der Waals surface area contributed by atoms with Gasteiger partial charge in [0.05, 0.1) is 11.3 Å². The topological polar surface area (TPSA) is 65.9 Å². The molecule has 0 radical (unpaired) electrons. The Balaban J connectivity index is 1.96. The number of rotatable bonds is 5. The molecule has 0 bridgehead atoms. The Morgan fingerprint density at radius 2 is 2.00 bits per heavy atom. The number of anilines is 2. The first-order valence-electron chi connectivity index (χ1n) is 6.62. The zero-order valence-electron chi connectivity index (χ0n) is 11.6. The summed E-state index contributed by atoms with van der Waals surface area (Å²) in [6.45, 7) is 0.848. The maximum atomic E-state index is 8.97. The van der Waals surface area contributed by atoms with Gasteiger partial charge in [0.2, 0.25) is 0 Å². The van der Waals surface area contributed by atoms with Crippen LogP contribution in [0.4, 0.5) is 11.5 Å². The third-order valence-electron chi connectivity index (χ3n) is 3.25. The Hall–Kier alpha value is -2.54. The van der Waals surface area contributed by atoms with Crippen LogP contribution in [0.15, 0.2) is 42.6 Å². The molecule has 0 saturated carbocycles. The van der Waals surface area contributed by atoms with Crippen LogP contribution >= 0.6 is 0 Å². The molecule has 2 rings (SSSR count). The van der Waals surface area contributed by atoms with Crippen LogP contribution in [0.5, 0.6) is 0 Å². The fraction of sp³-hybridized carbons (Fsp3) is 0.250. The number of aryl methyl sites for hydroxylation is 1. The van der Waals surface area contributed by atoms with Crippen LogP contribution in [-0.2, 0) is 6.42 Å². The van der Waals surface area contributed by atoms with Gasteiger partial charge in [-0.15, -0.1) is 0 Å². The number of nitrogens with zero attached hydrogens (tertiary/aromatic N) is 3. The summed E-state index contributed by atoms with van der Waals surface area (Å²) in [5.41, 5.74) is 8.21. The molecule has 0 aliphatic carbocycles. The highest BCUT2D eigenvalue weighted by atomic mass is 15.2. The lowest BCUT2D eigenvalue weighted by molar-refractivity contribution is 0.778. The van der Waals surface area contributed by atoms with Crippen molar-refractivity contribution in [2.24, 2.45) is 0 Å². The van der Waals surface area contributed by atoms with Crippen molar-refractivity contribution in [3.8, 4) is 6.07 Å². The van der Waals surface area contributed by atoms with E-state index in [1.807, 2.05) is 18.0 Å². The lowest BCUT2D eigenvalue weighted by Gasteiger charge is -2.20. The second-order valence-corrected chi connectivity index (χ2v) is 4.72. The predicted octanol–water partition coefficient (Wildman–Crippen LogP) is 2.60. The maximum Gasteiger partial charge on any atom is 0.152 e. The van der Waals surface area contributed by atoms with E-state index in [0.29, 0.717) is 17.1 Å². The van der Waals surface area contributed by atoms with Crippen LogP contribution in [0, 0.1) is 11.3 Å². The molecule has 2 N–H and O–H groups in total. The highest BCUT2D eigenvalue weighted by Gasteiger charge is 2.10. The minimum absolute atomic E-state index is 0.456. The van der Waals surface area contributed by atoms with E-state index in [9.17, 15) is 0 Å². The highest BCUT2D eigenvalue weighted by molar-refractivity contribution is 5.69. The fourth-order valence-corrected chi connectivity index (χ4v) is 2.13. The number of hydrogen-bond acceptors (Lipinski definition) is 4. The molecule has 1 aromatic heterocycles. The van der Waals surface area contributed by atoms with Crippen molar-refractivity contribution in [3.63, 3.8) is 0 Å². The molecule has 102 valence electrons. The molecule has 0 fully saturated rings. The van der Waals surface area contributed by atoms with Crippen LogP contribution in [0.1, 0.15) is 17.5 Å². The molecule has 2 aromatic rings. The van der Waals surface area contributed by atoms with Crippen molar-refractivity contribution < 1.29 is 0 Å². The van der Waals surface area contributed by atoms with Crippen LogP contribution in [0.3, 0.4) is 0 Å². The van der Waals surface area contributed by atoms with Crippen LogP contribution in [0.25, 0.3) is 0 Å². The van der Waals surface area contributed by atoms with Gasteiger partial charge in [-0.2, -0.15) is 5.26 Å². The number of nitrogen functional groups attached to an aromatic ring is 1. The van der Waals surface area contributed by atoms with Crippen molar-refractivity contribution in [3.05, 3.63) is 53.7 Å². The summed E-state index contributed by atoms with van der Waals surface area (Å²) in [6.07, 6.45) is 3.65. The van der Waals surface area contributed by atoms with Gasteiger partial charge in [0.1, 0.15) is 6.07 Å². The molecule has 0 aliphatic heterocycles. The normalized spacial score (nSPS) is 10.0. The Bertz CT molecular complexity index is 602. The first-order valence-corrected chi connectivity index (χ1v) is 6.62. The van der Waals surface area contributed by atoms with Gasteiger partial charge in [0.15, 0.2) is 5.82 Å². The maximum absolute atomic E-state index is 8.97. The van der Waals surface area contributed by atoms with Gasteiger partial charge in [-0.05, 0) is 24.5 Å². The van der Waals surface area contributed by atoms with Crippen molar-refractivity contribution in [1.29, 1.82) is 5.26 Å². The number of nitrogens with two attached hydrogens (primary N) is 1. The molecule has 0 saturated heterocycles. The zero-order valence-corrected chi connectivity index (χ0v) is 11.6. The van der Waals surface area contributed by atoms with E-state index in [0.717, 1.165) is 19.4 Å². The zero-order chi connectivity index (χ0) is 14.4. The fourth-order valence-electron chi connectivity index (χ4n) is 2.13. The van der Waals surface area contributed by atoms with Gasteiger partial charge in [-0.1, -0.05) is 30.3 Å². The van der Waals surface area contributed by atoms with Crippen LogP contribution in [-0.4, -0.2) is 18.6 Å². The molecule has 0 aliphatic rings. The van der Waals surface area contributed by atoms with E-state index in [4.69, 9.17) is 11.0 Å². The molecule has 20 heavy (non-hydrogen) atoms. The Labute approximate surface area is 119 Å². The summed E-state index contributed by atoms with van der Waals surface area (Å²) in [7, 11) is 1.95. The standard InChI is InChI=1S/C16H18N4/c1-20(11-5-8-13-6-3-2-4-7-13)16-15(18)14(12-17)9-10-19-16/h2-4,6-7,9-10H,5,8,11,18H2,1H3. The second kappa shape index (κ2) is 6.58. The number of benzene rings is 1. The third kappa shape index (κ3) is 3.27. The van der Waals surface area contributed by atoms with E-state index in [1.54, 1.807) is 12.3 Å². The van der Waals surface area contributed by atoms with E-state index in [-0.39, 0.29) is 0 Å². The van der Waals surface area contributed by atoms with Gasteiger partial charge in [-0.25, -0.2) is 4.98 Å². The van der Waals surface area contributed by atoms with Gasteiger partial charge in [0.25, 0.3) is 0 Å². The quantitative estimate of drug-likeness (QED) is 0.903. The molecular formula is C16H18N4. The largest absolute Gasteiger partial charge is 0.395 e. The molecule has 4 heteroatoms. The Morgan fingerprint density at radius 3 is 2.70 bits per heavy atom. The molecule has 0 unspecified atom stereocenters. The molecule has 0 amide bonds. The lowest BCUT2D eigenvalue weighted by Crippen LogP contribution is -2.21. The Morgan fingerprint density at radius 1 is 1.25 bits per heavy atom. The smallest absolute Gasteiger partial charge is 0.152 e. The molecule has 0 spiro atoms. The molecule has 0 atom stereocenters.